The number of nitrogens with one attached hydrogen (secondary N) is 1. The van der Waals surface area contributed by atoms with E-state index in [2.05, 4.69) is 17.0 Å². The molecule has 0 saturated carbocycles. The molecule has 2 aromatic rings. The third-order valence-electron chi connectivity index (χ3n) is 2.97. The lowest BCUT2D eigenvalue weighted by atomic mass is 10.1. The second-order valence-electron chi connectivity index (χ2n) is 4.71. The Kier molecular flexibility index (Phi) is 5.15. The first-order chi connectivity index (χ1) is 10.2. The summed E-state index contributed by atoms with van der Waals surface area (Å²) >= 11 is 0. The monoisotopic (exact) mass is 285 g/mol. The van der Waals surface area contributed by atoms with E-state index < -0.39 is 0 Å². The summed E-state index contributed by atoms with van der Waals surface area (Å²) in [5, 5.41) is 7.00. The van der Waals surface area contributed by atoms with Crippen molar-refractivity contribution >= 4 is 11.6 Å². The number of carbonyl (C=O) groups excluding carboxylic acids is 1. The second-order valence-corrected chi connectivity index (χ2v) is 4.71. The molecular weight excluding hydrogens is 266 g/mol. The fraction of sp³-hybridized carbons (Fsp3) is 0.250. The summed E-state index contributed by atoms with van der Waals surface area (Å²) in [5.41, 5.74) is 0.664. The molecule has 21 heavy (non-hydrogen) atoms. The lowest BCUT2D eigenvalue weighted by Gasteiger charge is -2.15. The lowest BCUT2D eigenvalue weighted by Crippen LogP contribution is -2.24. The quantitative estimate of drug-likeness (QED) is 0.796. The molecule has 0 spiro atoms. The average Bonchev–Trinajstić information content (AvgIpc) is 2.99. The van der Waals surface area contributed by atoms with E-state index in [4.69, 9.17) is 4.74 Å². The highest BCUT2D eigenvalue weighted by Gasteiger charge is 2.15. The average molecular weight is 285 g/mol. The highest BCUT2D eigenvalue weighted by Crippen LogP contribution is 2.24. The van der Waals surface area contributed by atoms with Gasteiger partial charge in [-0.15, -0.1) is 0 Å². The van der Waals surface area contributed by atoms with Crippen LogP contribution >= 0.6 is 0 Å². The number of hydrogen-bond donors (Lipinski definition) is 1. The molecule has 5 nitrogen and oxygen atoms in total. The van der Waals surface area contributed by atoms with Crippen molar-refractivity contribution < 1.29 is 9.53 Å². The molecule has 0 bridgehead atoms. The second kappa shape index (κ2) is 7.28. The maximum absolute atomic E-state index is 12.2. The van der Waals surface area contributed by atoms with E-state index in [-0.39, 0.29) is 11.8 Å². The fourth-order valence-electron chi connectivity index (χ4n) is 1.87. The van der Waals surface area contributed by atoms with Crippen LogP contribution in [0.4, 0.5) is 5.69 Å². The Hall–Kier alpha value is -2.56. The molecule has 1 unspecified atom stereocenters. The molecule has 0 aliphatic heterocycles. The van der Waals surface area contributed by atoms with Crippen LogP contribution in [0.25, 0.3) is 0 Å². The molecule has 0 fully saturated rings. The van der Waals surface area contributed by atoms with E-state index in [0.29, 0.717) is 24.6 Å². The maximum Gasteiger partial charge on any atom is 0.229 e. The zero-order chi connectivity index (χ0) is 15.1. The van der Waals surface area contributed by atoms with Gasteiger partial charge < -0.3 is 10.1 Å². The summed E-state index contributed by atoms with van der Waals surface area (Å²) in [4.78, 5) is 12.2. The highest BCUT2D eigenvalue weighted by atomic mass is 16.5. The molecule has 0 saturated heterocycles. The summed E-state index contributed by atoms with van der Waals surface area (Å²) in [5.74, 6) is 0.370. The lowest BCUT2D eigenvalue weighted by molar-refractivity contribution is -0.119. The summed E-state index contributed by atoms with van der Waals surface area (Å²) in [7, 11) is 0. The summed E-state index contributed by atoms with van der Waals surface area (Å²) in [6.07, 6.45) is 5.20. The highest BCUT2D eigenvalue weighted by molar-refractivity contribution is 5.93. The summed E-state index contributed by atoms with van der Waals surface area (Å²) in [6, 6.07) is 9.19. The van der Waals surface area contributed by atoms with Gasteiger partial charge in [0.15, 0.2) is 0 Å². The Morgan fingerprint density at radius 2 is 2.29 bits per heavy atom. The molecule has 1 heterocycles. The number of benzene rings is 1. The van der Waals surface area contributed by atoms with Gasteiger partial charge in [-0.05, 0) is 18.2 Å². The zero-order valence-corrected chi connectivity index (χ0v) is 12.0. The number of ether oxygens (including phenoxy) is 1. The van der Waals surface area contributed by atoms with Gasteiger partial charge in [0.05, 0.1) is 18.2 Å². The van der Waals surface area contributed by atoms with Gasteiger partial charge in [0.2, 0.25) is 5.91 Å². The minimum Gasteiger partial charge on any atom is -0.487 e. The predicted molar refractivity (Wildman–Crippen MR) is 82.2 cm³/mol. The van der Waals surface area contributed by atoms with Crippen molar-refractivity contribution in [1.82, 2.24) is 9.78 Å². The Morgan fingerprint density at radius 3 is 3.00 bits per heavy atom. The SMILES string of the molecule is C=CCOc1ccccc1NC(=O)C(C)Cn1cccn1. The van der Waals surface area contributed by atoms with Gasteiger partial charge in [-0.25, -0.2) is 0 Å². The first kappa shape index (κ1) is 14.8. The summed E-state index contributed by atoms with van der Waals surface area (Å²) in [6.45, 7) is 6.41. The standard InChI is InChI=1S/C16H19N3O2/c1-3-11-21-15-8-5-4-7-14(15)18-16(20)13(2)12-19-10-6-9-17-19/h3-10,13H,1,11-12H2,2H3,(H,18,20). The van der Waals surface area contributed by atoms with Gasteiger partial charge in [0.1, 0.15) is 12.4 Å². The van der Waals surface area contributed by atoms with Gasteiger partial charge >= 0.3 is 0 Å². The molecule has 110 valence electrons. The third kappa shape index (κ3) is 4.21. The molecule has 1 aromatic carbocycles. The van der Waals surface area contributed by atoms with Crippen molar-refractivity contribution in [2.45, 2.75) is 13.5 Å². The summed E-state index contributed by atoms with van der Waals surface area (Å²) < 4.78 is 7.26. The van der Waals surface area contributed by atoms with Gasteiger partial charge in [0, 0.05) is 12.4 Å². The number of carbonyl (C=O) groups is 1. The molecule has 1 aromatic heterocycles. The van der Waals surface area contributed by atoms with E-state index in [0.717, 1.165) is 0 Å². The Morgan fingerprint density at radius 1 is 1.48 bits per heavy atom. The largest absolute Gasteiger partial charge is 0.487 e. The first-order valence-electron chi connectivity index (χ1n) is 6.81. The number of hydrogen-bond acceptors (Lipinski definition) is 3. The van der Waals surface area contributed by atoms with Crippen molar-refractivity contribution in [3.05, 3.63) is 55.4 Å². The predicted octanol–water partition coefficient (Wildman–Crippen LogP) is 2.72. The minimum atomic E-state index is -0.197. The van der Waals surface area contributed by atoms with Crippen LogP contribution in [0.5, 0.6) is 5.75 Å². The van der Waals surface area contributed by atoms with Crippen LogP contribution < -0.4 is 10.1 Å². The van der Waals surface area contributed by atoms with Crippen LogP contribution in [0.2, 0.25) is 0 Å². The molecule has 2 rings (SSSR count). The number of aromatic nitrogens is 2. The molecule has 0 radical (unpaired) electrons. The number of rotatable bonds is 7. The van der Waals surface area contributed by atoms with Crippen molar-refractivity contribution in [2.24, 2.45) is 5.92 Å². The topological polar surface area (TPSA) is 56.1 Å². The van der Waals surface area contributed by atoms with Crippen LogP contribution in [0.15, 0.2) is 55.4 Å². The van der Waals surface area contributed by atoms with E-state index >= 15 is 0 Å². The van der Waals surface area contributed by atoms with E-state index in [1.165, 1.54) is 0 Å². The van der Waals surface area contributed by atoms with E-state index in [1.54, 1.807) is 17.0 Å². The van der Waals surface area contributed by atoms with Crippen LogP contribution in [0, 0.1) is 5.92 Å². The maximum atomic E-state index is 12.2. The van der Waals surface area contributed by atoms with Crippen molar-refractivity contribution in [2.75, 3.05) is 11.9 Å². The number of para-hydroxylation sites is 2. The van der Waals surface area contributed by atoms with Crippen molar-refractivity contribution in [3.63, 3.8) is 0 Å². The number of anilines is 1. The minimum absolute atomic E-state index is 0.0693. The van der Waals surface area contributed by atoms with Crippen LogP contribution in [-0.2, 0) is 11.3 Å². The zero-order valence-electron chi connectivity index (χ0n) is 12.0. The van der Waals surface area contributed by atoms with Crippen LogP contribution in [-0.4, -0.2) is 22.3 Å². The molecule has 0 aliphatic rings. The number of nitrogens with zero attached hydrogens (tertiary/aromatic N) is 2. The van der Waals surface area contributed by atoms with Crippen molar-refractivity contribution in [3.8, 4) is 5.75 Å². The fourth-order valence-corrected chi connectivity index (χ4v) is 1.87. The van der Waals surface area contributed by atoms with E-state index in [9.17, 15) is 4.79 Å². The Labute approximate surface area is 124 Å². The normalized spacial score (nSPS) is 11.7. The van der Waals surface area contributed by atoms with Crippen LogP contribution in [0.1, 0.15) is 6.92 Å². The third-order valence-corrected chi connectivity index (χ3v) is 2.97. The smallest absolute Gasteiger partial charge is 0.229 e. The molecule has 5 heteroatoms. The first-order valence-corrected chi connectivity index (χ1v) is 6.81. The molecule has 1 amide bonds. The van der Waals surface area contributed by atoms with Crippen molar-refractivity contribution in [1.29, 1.82) is 0 Å². The van der Waals surface area contributed by atoms with Gasteiger partial charge in [-0.1, -0.05) is 31.7 Å². The Bertz CT molecular complexity index is 593. The number of amides is 1. The molecule has 0 aliphatic carbocycles. The van der Waals surface area contributed by atoms with Gasteiger partial charge in [-0.2, -0.15) is 5.10 Å². The Balaban J connectivity index is 2.00. The van der Waals surface area contributed by atoms with Gasteiger partial charge in [0.25, 0.3) is 0 Å². The molecule has 1 atom stereocenters. The molecular formula is C16H19N3O2. The van der Waals surface area contributed by atoms with Crippen LogP contribution in [0.3, 0.4) is 0 Å². The van der Waals surface area contributed by atoms with E-state index in [1.807, 2.05) is 43.5 Å². The van der Waals surface area contributed by atoms with Gasteiger partial charge in [-0.3, -0.25) is 9.48 Å². The molecule has 1 N–H and O–H groups in total.